The maximum atomic E-state index is 12.7. The fourth-order valence-electron chi connectivity index (χ4n) is 2.00. The molecule has 0 bridgehead atoms. The van der Waals surface area contributed by atoms with Gasteiger partial charge in [-0.25, -0.2) is 4.98 Å². The molecule has 0 unspecified atom stereocenters. The van der Waals surface area contributed by atoms with Gasteiger partial charge in [0.1, 0.15) is 5.82 Å². The molecule has 0 radical (unpaired) electrons. The van der Waals surface area contributed by atoms with Gasteiger partial charge in [-0.2, -0.15) is 27.8 Å². The van der Waals surface area contributed by atoms with Gasteiger partial charge in [-0.1, -0.05) is 0 Å². The number of aliphatic hydroxyl groups excluding tert-OH is 1. The molecule has 3 heterocycles. The lowest BCUT2D eigenvalue weighted by atomic mass is 10.4. The van der Waals surface area contributed by atoms with Crippen LogP contribution in [0.15, 0.2) is 18.5 Å². The first-order chi connectivity index (χ1) is 10.9. The second-order valence-corrected chi connectivity index (χ2v) is 4.77. The van der Waals surface area contributed by atoms with Crippen LogP contribution in [0, 0.1) is 6.92 Å². The van der Waals surface area contributed by atoms with Gasteiger partial charge >= 0.3 is 6.18 Å². The number of anilines is 2. The lowest BCUT2D eigenvalue weighted by molar-refractivity contribution is -0.144. The molecule has 0 atom stereocenters. The fourth-order valence-corrected chi connectivity index (χ4v) is 2.00. The van der Waals surface area contributed by atoms with Crippen molar-refractivity contribution in [1.29, 1.82) is 0 Å². The Bertz CT molecular complexity index is 839. The summed E-state index contributed by atoms with van der Waals surface area (Å²) in [7, 11) is 0. The summed E-state index contributed by atoms with van der Waals surface area (Å²) in [5.41, 5.74) is 1.03. The van der Waals surface area contributed by atoms with Crippen LogP contribution < -0.4 is 5.32 Å². The van der Waals surface area contributed by atoms with E-state index < -0.39 is 12.0 Å². The highest BCUT2D eigenvalue weighted by molar-refractivity contribution is 5.57. The van der Waals surface area contributed by atoms with Gasteiger partial charge in [-0.3, -0.25) is 4.68 Å². The van der Waals surface area contributed by atoms with Crippen molar-refractivity contribution in [2.24, 2.45) is 0 Å². The fraction of sp³-hybridized carbons (Fsp3) is 0.333. The number of alkyl halides is 3. The molecule has 3 aromatic heterocycles. The zero-order valence-corrected chi connectivity index (χ0v) is 11.9. The lowest BCUT2D eigenvalue weighted by Crippen LogP contribution is -2.08. The monoisotopic (exact) mass is 327 g/mol. The van der Waals surface area contributed by atoms with Crippen LogP contribution in [0.25, 0.3) is 5.78 Å². The summed E-state index contributed by atoms with van der Waals surface area (Å²) in [6, 6.07) is 1.55. The van der Waals surface area contributed by atoms with Crippen molar-refractivity contribution in [3.63, 3.8) is 0 Å². The van der Waals surface area contributed by atoms with Crippen LogP contribution in [-0.2, 0) is 12.7 Å². The van der Waals surface area contributed by atoms with Gasteiger partial charge < -0.3 is 10.4 Å². The number of aromatic nitrogens is 6. The molecule has 0 aliphatic carbocycles. The van der Waals surface area contributed by atoms with Crippen molar-refractivity contribution in [3.8, 4) is 0 Å². The van der Waals surface area contributed by atoms with E-state index >= 15 is 0 Å². The van der Waals surface area contributed by atoms with Gasteiger partial charge in [0.05, 0.1) is 25.0 Å². The van der Waals surface area contributed by atoms with E-state index in [9.17, 15) is 13.2 Å². The number of halogens is 3. The second kappa shape index (κ2) is 5.50. The van der Waals surface area contributed by atoms with Gasteiger partial charge in [-0.05, 0) is 6.92 Å². The average Bonchev–Trinajstić information content (AvgIpc) is 3.05. The van der Waals surface area contributed by atoms with E-state index in [1.807, 2.05) is 0 Å². The van der Waals surface area contributed by atoms with Crippen LogP contribution in [0.1, 0.15) is 11.5 Å². The molecular weight excluding hydrogens is 315 g/mol. The molecule has 0 aliphatic rings. The lowest BCUT2D eigenvalue weighted by Gasteiger charge is -2.06. The van der Waals surface area contributed by atoms with Crippen LogP contribution in [0.4, 0.5) is 24.7 Å². The average molecular weight is 327 g/mol. The second-order valence-electron chi connectivity index (χ2n) is 4.77. The van der Waals surface area contributed by atoms with Crippen molar-refractivity contribution in [3.05, 3.63) is 30.0 Å². The summed E-state index contributed by atoms with van der Waals surface area (Å²) in [6.45, 7) is 1.88. The number of hydrogen-bond donors (Lipinski definition) is 2. The minimum atomic E-state index is -4.65. The highest BCUT2D eigenvalue weighted by atomic mass is 19.4. The molecule has 11 heteroatoms. The van der Waals surface area contributed by atoms with Gasteiger partial charge in [0, 0.05) is 18.0 Å². The van der Waals surface area contributed by atoms with E-state index in [2.05, 4.69) is 25.5 Å². The van der Waals surface area contributed by atoms with E-state index in [0.29, 0.717) is 17.9 Å². The normalized spacial score (nSPS) is 12.0. The van der Waals surface area contributed by atoms with Crippen molar-refractivity contribution in [2.75, 3.05) is 11.9 Å². The minimum absolute atomic E-state index is 0.0717. The maximum absolute atomic E-state index is 12.7. The van der Waals surface area contributed by atoms with Crippen molar-refractivity contribution in [1.82, 2.24) is 29.4 Å². The van der Waals surface area contributed by atoms with Gasteiger partial charge in [0.25, 0.3) is 11.6 Å². The largest absolute Gasteiger partial charge is 0.453 e. The number of nitrogens with zero attached hydrogens (tertiary/aromatic N) is 6. The summed E-state index contributed by atoms with van der Waals surface area (Å²) in [4.78, 5) is 7.35. The Morgan fingerprint density at radius 1 is 1.30 bits per heavy atom. The SMILES string of the molecule is Cc1cc(Nc2cnn(CCO)c2)n2nc(C(F)(F)F)nc2n1. The van der Waals surface area contributed by atoms with Crippen LogP contribution in [-0.4, -0.2) is 41.1 Å². The standard InChI is InChI=1S/C12H12F3N7O/c1-7-4-9(18-8-5-16-21(6-8)2-3-23)22-11(17-7)19-10(20-22)12(13,14)15/h4-6,18,23H,2-3H2,1H3. The first kappa shape index (κ1) is 15.2. The predicted octanol–water partition coefficient (Wildman–Crippen LogP) is 1.38. The maximum Gasteiger partial charge on any atom is 0.453 e. The Morgan fingerprint density at radius 3 is 2.78 bits per heavy atom. The number of hydrogen-bond acceptors (Lipinski definition) is 6. The third kappa shape index (κ3) is 3.08. The first-order valence-electron chi connectivity index (χ1n) is 6.59. The number of aliphatic hydroxyl groups is 1. The van der Waals surface area contributed by atoms with Crippen LogP contribution in [0.2, 0.25) is 0 Å². The van der Waals surface area contributed by atoms with E-state index in [1.54, 1.807) is 19.2 Å². The molecule has 8 nitrogen and oxygen atoms in total. The highest BCUT2D eigenvalue weighted by Crippen LogP contribution is 2.27. The highest BCUT2D eigenvalue weighted by Gasteiger charge is 2.36. The Labute approximate surface area is 127 Å². The predicted molar refractivity (Wildman–Crippen MR) is 73.1 cm³/mol. The molecule has 0 aromatic carbocycles. The van der Waals surface area contributed by atoms with E-state index in [-0.39, 0.29) is 18.2 Å². The number of fused-ring (bicyclic) bond motifs is 1. The smallest absolute Gasteiger partial charge is 0.394 e. The van der Waals surface area contributed by atoms with E-state index in [0.717, 1.165) is 4.52 Å². The quantitative estimate of drug-likeness (QED) is 0.752. The number of aryl methyl sites for hydroxylation is 1. The van der Waals surface area contributed by atoms with E-state index in [1.165, 1.54) is 10.9 Å². The number of rotatable bonds is 4. The van der Waals surface area contributed by atoms with Crippen molar-refractivity contribution >= 4 is 17.3 Å². The van der Waals surface area contributed by atoms with Gasteiger partial charge in [-0.15, -0.1) is 5.10 Å². The molecule has 0 saturated heterocycles. The molecule has 3 rings (SSSR count). The Kier molecular flexibility index (Phi) is 3.64. The molecule has 0 aliphatic heterocycles. The van der Waals surface area contributed by atoms with Crippen LogP contribution in [0.3, 0.4) is 0 Å². The molecule has 0 amide bonds. The third-order valence-corrected chi connectivity index (χ3v) is 2.93. The molecule has 0 saturated carbocycles. The molecule has 0 spiro atoms. The van der Waals surface area contributed by atoms with Gasteiger partial charge in [0.15, 0.2) is 0 Å². The van der Waals surface area contributed by atoms with Crippen LogP contribution in [0.5, 0.6) is 0 Å². The molecular formula is C12H12F3N7O. The van der Waals surface area contributed by atoms with Gasteiger partial charge in [0.2, 0.25) is 0 Å². The summed E-state index contributed by atoms with van der Waals surface area (Å²) in [5.74, 6) is -1.13. The molecule has 2 N–H and O–H groups in total. The molecule has 122 valence electrons. The Balaban J connectivity index is 2.00. The Morgan fingerprint density at radius 2 is 2.09 bits per heavy atom. The first-order valence-corrected chi connectivity index (χ1v) is 6.59. The summed E-state index contributed by atoms with van der Waals surface area (Å²) in [6.07, 6.45) is -1.55. The summed E-state index contributed by atoms with van der Waals surface area (Å²) < 4.78 is 40.7. The van der Waals surface area contributed by atoms with Crippen molar-refractivity contribution < 1.29 is 18.3 Å². The minimum Gasteiger partial charge on any atom is -0.394 e. The topological polar surface area (TPSA) is 93.2 Å². The van der Waals surface area contributed by atoms with Crippen molar-refractivity contribution in [2.45, 2.75) is 19.6 Å². The summed E-state index contributed by atoms with van der Waals surface area (Å²) >= 11 is 0. The van der Waals surface area contributed by atoms with E-state index in [4.69, 9.17) is 5.11 Å². The molecule has 0 fully saturated rings. The zero-order chi connectivity index (χ0) is 16.6. The molecule has 3 aromatic rings. The summed E-state index contributed by atoms with van der Waals surface area (Å²) in [5, 5.41) is 19.2. The number of nitrogens with one attached hydrogen (secondary N) is 1. The third-order valence-electron chi connectivity index (χ3n) is 2.93. The molecule has 23 heavy (non-hydrogen) atoms. The Hall–Kier alpha value is -2.69. The zero-order valence-electron chi connectivity index (χ0n) is 11.9. The van der Waals surface area contributed by atoms with Crippen LogP contribution >= 0.6 is 0 Å².